The van der Waals surface area contributed by atoms with Gasteiger partial charge in [-0.2, -0.15) is 0 Å². The van der Waals surface area contributed by atoms with Gasteiger partial charge in [0, 0.05) is 43.4 Å². The van der Waals surface area contributed by atoms with E-state index in [2.05, 4.69) is 15.2 Å². The number of benzene rings is 1. The highest BCUT2D eigenvalue weighted by atomic mass is 16.3. The van der Waals surface area contributed by atoms with E-state index in [1.165, 1.54) is 0 Å². The molecule has 1 aliphatic rings. The molecule has 0 radical (unpaired) electrons. The van der Waals surface area contributed by atoms with Crippen molar-refractivity contribution < 1.29 is 9.90 Å². The first-order valence-electron chi connectivity index (χ1n) is 8.22. The molecule has 0 bridgehead atoms. The SMILES string of the molecule is O=C(NCCN1CCCC(CO)C1)c1ccc2ncccc2c1. The van der Waals surface area contributed by atoms with Crippen LogP contribution in [0.4, 0.5) is 0 Å². The number of rotatable bonds is 5. The molecular formula is C18H23N3O2. The smallest absolute Gasteiger partial charge is 0.251 e. The highest BCUT2D eigenvalue weighted by Crippen LogP contribution is 2.15. The number of aliphatic hydroxyl groups excluding tert-OH is 1. The van der Waals surface area contributed by atoms with Crippen molar-refractivity contribution in [2.45, 2.75) is 12.8 Å². The molecule has 0 spiro atoms. The van der Waals surface area contributed by atoms with Gasteiger partial charge in [-0.15, -0.1) is 0 Å². The summed E-state index contributed by atoms with van der Waals surface area (Å²) in [6, 6.07) is 9.40. The Morgan fingerprint density at radius 3 is 3.17 bits per heavy atom. The third-order valence-electron chi connectivity index (χ3n) is 4.44. The number of likely N-dealkylation sites (tertiary alicyclic amines) is 1. The third-order valence-corrected chi connectivity index (χ3v) is 4.44. The average Bonchev–Trinajstić information content (AvgIpc) is 2.61. The number of carbonyl (C=O) groups excluding carboxylic acids is 1. The first-order valence-corrected chi connectivity index (χ1v) is 8.22. The van der Waals surface area contributed by atoms with Crippen LogP contribution in [0.15, 0.2) is 36.5 Å². The molecule has 1 aromatic carbocycles. The van der Waals surface area contributed by atoms with Gasteiger partial charge < -0.3 is 15.3 Å². The molecular weight excluding hydrogens is 290 g/mol. The Hall–Kier alpha value is -1.98. The molecule has 3 rings (SSSR count). The normalized spacial score (nSPS) is 18.9. The van der Waals surface area contributed by atoms with E-state index in [0.717, 1.165) is 43.4 Å². The van der Waals surface area contributed by atoms with Gasteiger partial charge in [0.25, 0.3) is 5.91 Å². The maximum absolute atomic E-state index is 12.3. The van der Waals surface area contributed by atoms with Gasteiger partial charge in [0.05, 0.1) is 5.52 Å². The second-order valence-electron chi connectivity index (χ2n) is 6.16. The van der Waals surface area contributed by atoms with Gasteiger partial charge in [-0.3, -0.25) is 9.78 Å². The van der Waals surface area contributed by atoms with Crippen molar-refractivity contribution in [1.29, 1.82) is 0 Å². The summed E-state index contributed by atoms with van der Waals surface area (Å²) < 4.78 is 0. The molecule has 23 heavy (non-hydrogen) atoms. The summed E-state index contributed by atoms with van der Waals surface area (Å²) in [5, 5.41) is 13.2. The van der Waals surface area contributed by atoms with Crippen LogP contribution in [0.2, 0.25) is 0 Å². The molecule has 1 aromatic heterocycles. The van der Waals surface area contributed by atoms with E-state index < -0.39 is 0 Å². The van der Waals surface area contributed by atoms with Crippen molar-refractivity contribution in [2.75, 3.05) is 32.8 Å². The zero-order chi connectivity index (χ0) is 16.1. The Labute approximate surface area is 136 Å². The Morgan fingerprint density at radius 1 is 1.39 bits per heavy atom. The molecule has 0 saturated carbocycles. The summed E-state index contributed by atoms with van der Waals surface area (Å²) in [5.74, 6) is 0.332. The number of hydrogen-bond acceptors (Lipinski definition) is 4. The minimum atomic E-state index is -0.0496. The lowest BCUT2D eigenvalue weighted by Gasteiger charge is -2.31. The van der Waals surface area contributed by atoms with Gasteiger partial charge in [-0.25, -0.2) is 0 Å². The number of aliphatic hydroxyl groups is 1. The fourth-order valence-electron chi connectivity index (χ4n) is 3.15. The number of hydrogen-bond donors (Lipinski definition) is 2. The Morgan fingerprint density at radius 2 is 2.30 bits per heavy atom. The van der Waals surface area contributed by atoms with E-state index in [1.807, 2.05) is 30.3 Å². The number of carbonyl (C=O) groups is 1. The maximum atomic E-state index is 12.3. The highest BCUT2D eigenvalue weighted by molar-refractivity contribution is 5.97. The molecule has 1 atom stereocenters. The van der Waals surface area contributed by atoms with Crippen LogP contribution in [0.5, 0.6) is 0 Å². The minimum absolute atomic E-state index is 0.0496. The zero-order valence-corrected chi connectivity index (χ0v) is 13.2. The topological polar surface area (TPSA) is 65.5 Å². The van der Waals surface area contributed by atoms with Gasteiger partial charge in [0.2, 0.25) is 0 Å². The number of pyridine rings is 1. The molecule has 1 unspecified atom stereocenters. The van der Waals surface area contributed by atoms with Crippen LogP contribution in [0, 0.1) is 5.92 Å². The van der Waals surface area contributed by atoms with E-state index in [9.17, 15) is 9.90 Å². The van der Waals surface area contributed by atoms with Gasteiger partial charge in [-0.05, 0) is 49.6 Å². The molecule has 5 heteroatoms. The van der Waals surface area contributed by atoms with Crippen LogP contribution in [-0.4, -0.2) is 53.7 Å². The standard InChI is InChI=1S/C18H23N3O2/c22-13-14-3-2-9-21(12-14)10-8-20-18(23)16-5-6-17-15(11-16)4-1-7-19-17/h1,4-7,11,14,22H,2-3,8-10,12-13H2,(H,20,23). The monoisotopic (exact) mass is 313 g/mol. The summed E-state index contributed by atoms with van der Waals surface area (Å²) >= 11 is 0. The second kappa shape index (κ2) is 7.53. The van der Waals surface area contributed by atoms with Crippen molar-refractivity contribution in [2.24, 2.45) is 5.92 Å². The summed E-state index contributed by atoms with van der Waals surface area (Å²) in [4.78, 5) is 18.8. The lowest BCUT2D eigenvalue weighted by Crippen LogP contribution is -2.41. The number of nitrogens with one attached hydrogen (secondary N) is 1. The highest BCUT2D eigenvalue weighted by Gasteiger charge is 2.18. The predicted molar refractivity (Wildman–Crippen MR) is 90.3 cm³/mol. The fraction of sp³-hybridized carbons (Fsp3) is 0.444. The molecule has 2 heterocycles. The quantitative estimate of drug-likeness (QED) is 0.881. The van der Waals surface area contributed by atoms with Crippen molar-refractivity contribution in [3.8, 4) is 0 Å². The largest absolute Gasteiger partial charge is 0.396 e. The first-order chi connectivity index (χ1) is 11.3. The molecule has 2 aromatic rings. The lowest BCUT2D eigenvalue weighted by molar-refractivity contribution is 0.0931. The first kappa shape index (κ1) is 15.9. The molecule has 1 saturated heterocycles. The van der Waals surface area contributed by atoms with Crippen molar-refractivity contribution in [3.05, 3.63) is 42.1 Å². The molecule has 1 fully saturated rings. The van der Waals surface area contributed by atoms with E-state index in [1.54, 1.807) is 6.20 Å². The number of nitrogens with zero attached hydrogens (tertiary/aromatic N) is 2. The van der Waals surface area contributed by atoms with Crippen LogP contribution >= 0.6 is 0 Å². The van der Waals surface area contributed by atoms with Crippen LogP contribution in [0.25, 0.3) is 10.9 Å². The lowest BCUT2D eigenvalue weighted by atomic mass is 9.99. The number of fused-ring (bicyclic) bond motifs is 1. The van der Waals surface area contributed by atoms with E-state index in [0.29, 0.717) is 18.0 Å². The van der Waals surface area contributed by atoms with Crippen LogP contribution in [0.3, 0.4) is 0 Å². The van der Waals surface area contributed by atoms with Crippen LogP contribution < -0.4 is 5.32 Å². The molecule has 1 amide bonds. The fourth-order valence-corrected chi connectivity index (χ4v) is 3.15. The second-order valence-corrected chi connectivity index (χ2v) is 6.16. The van der Waals surface area contributed by atoms with Crippen LogP contribution in [-0.2, 0) is 0 Å². The summed E-state index contributed by atoms with van der Waals surface area (Å²) in [6.07, 6.45) is 3.97. The van der Waals surface area contributed by atoms with Crippen molar-refractivity contribution >= 4 is 16.8 Å². The van der Waals surface area contributed by atoms with E-state index in [4.69, 9.17) is 0 Å². The molecule has 1 aliphatic heterocycles. The summed E-state index contributed by atoms with van der Waals surface area (Å²) in [7, 11) is 0. The molecule has 2 N–H and O–H groups in total. The van der Waals surface area contributed by atoms with Gasteiger partial charge in [-0.1, -0.05) is 6.07 Å². The molecule has 122 valence electrons. The Balaban J connectivity index is 1.52. The van der Waals surface area contributed by atoms with Crippen molar-refractivity contribution in [3.63, 3.8) is 0 Å². The minimum Gasteiger partial charge on any atom is -0.396 e. The number of piperidine rings is 1. The maximum Gasteiger partial charge on any atom is 0.251 e. The van der Waals surface area contributed by atoms with Crippen LogP contribution in [0.1, 0.15) is 23.2 Å². The summed E-state index contributed by atoms with van der Waals surface area (Å²) in [5.41, 5.74) is 1.56. The zero-order valence-electron chi connectivity index (χ0n) is 13.2. The van der Waals surface area contributed by atoms with Crippen molar-refractivity contribution in [1.82, 2.24) is 15.2 Å². The summed E-state index contributed by atoms with van der Waals surface area (Å²) in [6.45, 7) is 3.69. The van der Waals surface area contributed by atoms with Gasteiger partial charge in [0.1, 0.15) is 0 Å². The van der Waals surface area contributed by atoms with E-state index >= 15 is 0 Å². The van der Waals surface area contributed by atoms with Gasteiger partial charge >= 0.3 is 0 Å². The predicted octanol–water partition coefficient (Wildman–Crippen LogP) is 1.67. The number of aromatic nitrogens is 1. The third kappa shape index (κ3) is 4.06. The number of amides is 1. The molecule has 5 nitrogen and oxygen atoms in total. The Kier molecular flexibility index (Phi) is 5.20. The average molecular weight is 313 g/mol. The Bertz CT molecular complexity index is 674. The van der Waals surface area contributed by atoms with E-state index in [-0.39, 0.29) is 12.5 Å². The molecule has 0 aliphatic carbocycles. The van der Waals surface area contributed by atoms with Gasteiger partial charge in [0.15, 0.2) is 0 Å².